The first-order valence-corrected chi connectivity index (χ1v) is 6.16. The van der Waals surface area contributed by atoms with Gasteiger partial charge in [-0.3, -0.25) is 5.43 Å². The van der Waals surface area contributed by atoms with Crippen LogP contribution in [0.4, 0.5) is 32.2 Å². The third kappa shape index (κ3) is 4.70. The monoisotopic (exact) mass is 333 g/mol. The smallest absolute Gasteiger partial charge is 0.261 e. The second-order valence-corrected chi connectivity index (χ2v) is 4.42. The number of pyridine rings is 1. The molecule has 0 radical (unpaired) electrons. The SMILES string of the molecule is FC(F)(F)c1ccc(N/N=C/c2cccc(C(F)(F)F)c2)nc1. The topological polar surface area (TPSA) is 37.3 Å². The van der Waals surface area contributed by atoms with Gasteiger partial charge in [0.05, 0.1) is 17.3 Å². The lowest BCUT2D eigenvalue weighted by atomic mass is 10.1. The van der Waals surface area contributed by atoms with E-state index in [1.807, 2.05) is 0 Å². The minimum absolute atomic E-state index is 0.0289. The average Bonchev–Trinajstić information content (AvgIpc) is 2.46. The highest BCUT2D eigenvalue weighted by atomic mass is 19.4. The summed E-state index contributed by atoms with van der Waals surface area (Å²) in [5.41, 5.74) is 0.783. The zero-order valence-electron chi connectivity index (χ0n) is 11.3. The van der Waals surface area contributed by atoms with Crippen LogP contribution in [0, 0.1) is 0 Å². The van der Waals surface area contributed by atoms with Gasteiger partial charge in [0.1, 0.15) is 5.82 Å². The van der Waals surface area contributed by atoms with Crippen LogP contribution in [0.15, 0.2) is 47.7 Å². The lowest BCUT2D eigenvalue weighted by Gasteiger charge is -2.07. The van der Waals surface area contributed by atoms with Gasteiger partial charge in [-0.05, 0) is 29.8 Å². The van der Waals surface area contributed by atoms with Crippen LogP contribution < -0.4 is 5.43 Å². The predicted octanol–water partition coefficient (Wildman–Crippen LogP) is 4.57. The van der Waals surface area contributed by atoms with Crippen molar-refractivity contribution >= 4 is 12.0 Å². The van der Waals surface area contributed by atoms with E-state index in [2.05, 4.69) is 15.5 Å². The second-order valence-electron chi connectivity index (χ2n) is 4.42. The van der Waals surface area contributed by atoms with Gasteiger partial charge in [0, 0.05) is 6.20 Å². The number of nitrogens with one attached hydrogen (secondary N) is 1. The van der Waals surface area contributed by atoms with Crippen molar-refractivity contribution in [1.82, 2.24) is 4.98 Å². The van der Waals surface area contributed by atoms with Crippen molar-refractivity contribution < 1.29 is 26.3 Å². The van der Waals surface area contributed by atoms with Crippen LogP contribution in [-0.4, -0.2) is 11.2 Å². The zero-order valence-corrected chi connectivity index (χ0v) is 11.3. The summed E-state index contributed by atoms with van der Waals surface area (Å²) in [5.74, 6) is 0.0289. The number of halogens is 6. The van der Waals surface area contributed by atoms with Crippen molar-refractivity contribution in [3.8, 4) is 0 Å². The number of nitrogens with zero attached hydrogens (tertiary/aromatic N) is 2. The van der Waals surface area contributed by atoms with Crippen LogP contribution in [0.25, 0.3) is 0 Å². The number of anilines is 1. The average molecular weight is 333 g/mol. The van der Waals surface area contributed by atoms with Crippen molar-refractivity contribution in [1.29, 1.82) is 0 Å². The van der Waals surface area contributed by atoms with Crippen LogP contribution in [0.1, 0.15) is 16.7 Å². The van der Waals surface area contributed by atoms with E-state index in [1.54, 1.807) is 0 Å². The summed E-state index contributed by atoms with van der Waals surface area (Å²) in [4.78, 5) is 3.51. The Labute approximate surface area is 126 Å². The maximum absolute atomic E-state index is 12.5. The first-order valence-electron chi connectivity index (χ1n) is 6.16. The van der Waals surface area contributed by atoms with Crippen LogP contribution in [0.2, 0.25) is 0 Å². The molecule has 0 saturated heterocycles. The molecule has 1 aromatic carbocycles. The third-order valence-electron chi connectivity index (χ3n) is 2.70. The van der Waals surface area contributed by atoms with Crippen molar-refractivity contribution in [3.05, 3.63) is 59.3 Å². The maximum atomic E-state index is 12.5. The number of benzene rings is 1. The molecule has 1 N–H and O–H groups in total. The van der Waals surface area contributed by atoms with E-state index in [1.165, 1.54) is 12.1 Å². The van der Waals surface area contributed by atoms with E-state index >= 15 is 0 Å². The van der Waals surface area contributed by atoms with Gasteiger partial charge in [-0.25, -0.2) is 4.98 Å². The summed E-state index contributed by atoms with van der Waals surface area (Å²) in [5, 5.41) is 3.64. The van der Waals surface area contributed by atoms with Gasteiger partial charge in [-0.1, -0.05) is 12.1 Å². The molecule has 0 bridgehead atoms. The van der Waals surface area contributed by atoms with Crippen LogP contribution in [0.3, 0.4) is 0 Å². The Morgan fingerprint density at radius 2 is 1.61 bits per heavy atom. The quantitative estimate of drug-likeness (QED) is 0.508. The molecule has 0 unspecified atom stereocenters. The molecule has 9 heteroatoms. The normalized spacial score (nSPS) is 12.6. The van der Waals surface area contributed by atoms with Crippen molar-refractivity contribution in [2.24, 2.45) is 5.10 Å². The van der Waals surface area contributed by atoms with Crippen molar-refractivity contribution in [3.63, 3.8) is 0 Å². The standard InChI is InChI=1S/C14H9F6N3/c15-13(16,17)10-3-1-2-9(6-10)7-22-23-12-5-4-11(8-21-12)14(18,19)20/h1-8H,(H,21,23)/b22-7+. The van der Waals surface area contributed by atoms with Crippen molar-refractivity contribution in [2.75, 3.05) is 5.43 Å². The lowest BCUT2D eigenvalue weighted by molar-refractivity contribution is -0.138. The molecule has 23 heavy (non-hydrogen) atoms. The van der Waals surface area contributed by atoms with E-state index in [4.69, 9.17) is 0 Å². The van der Waals surface area contributed by atoms with Gasteiger partial charge in [-0.15, -0.1) is 0 Å². The largest absolute Gasteiger partial charge is 0.417 e. The Morgan fingerprint density at radius 1 is 0.913 bits per heavy atom. The molecule has 0 spiro atoms. The third-order valence-corrected chi connectivity index (χ3v) is 2.70. The van der Waals surface area contributed by atoms with E-state index < -0.39 is 23.5 Å². The number of aromatic nitrogens is 1. The van der Waals surface area contributed by atoms with Gasteiger partial charge in [0.25, 0.3) is 0 Å². The van der Waals surface area contributed by atoms with E-state index in [9.17, 15) is 26.3 Å². The Balaban J connectivity index is 2.05. The highest BCUT2D eigenvalue weighted by Crippen LogP contribution is 2.30. The summed E-state index contributed by atoms with van der Waals surface area (Å²) < 4.78 is 74.6. The van der Waals surface area contributed by atoms with Crippen LogP contribution in [0.5, 0.6) is 0 Å². The molecular formula is C14H9F6N3. The molecule has 0 aliphatic heterocycles. The molecule has 3 nitrogen and oxygen atoms in total. The molecule has 0 amide bonds. The number of hydrogen-bond donors (Lipinski definition) is 1. The van der Waals surface area contributed by atoms with Crippen LogP contribution >= 0.6 is 0 Å². The van der Waals surface area contributed by atoms with E-state index in [-0.39, 0.29) is 11.4 Å². The Hall–Kier alpha value is -2.58. The fraction of sp³-hybridized carbons (Fsp3) is 0.143. The minimum atomic E-state index is -4.49. The number of hydrogen-bond acceptors (Lipinski definition) is 3. The number of alkyl halides is 6. The van der Waals surface area contributed by atoms with Gasteiger partial charge < -0.3 is 0 Å². The molecule has 0 atom stereocenters. The summed E-state index contributed by atoms with van der Waals surface area (Å²) in [6, 6.07) is 6.32. The first kappa shape index (κ1) is 16.8. The second kappa shape index (κ2) is 6.27. The summed E-state index contributed by atoms with van der Waals surface area (Å²) in [6.45, 7) is 0. The van der Waals surface area contributed by atoms with Gasteiger partial charge in [-0.2, -0.15) is 31.4 Å². The molecule has 2 aromatic rings. The highest BCUT2D eigenvalue weighted by molar-refractivity contribution is 5.80. The molecule has 0 aliphatic rings. The molecule has 2 rings (SSSR count). The maximum Gasteiger partial charge on any atom is 0.417 e. The van der Waals surface area contributed by atoms with Crippen molar-refractivity contribution in [2.45, 2.75) is 12.4 Å². The fourth-order valence-electron chi connectivity index (χ4n) is 1.60. The van der Waals surface area contributed by atoms with Crippen LogP contribution in [-0.2, 0) is 12.4 Å². The molecule has 0 aliphatic carbocycles. The molecular weight excluding hydrogens is 324 g/mol. The first-order chi connectivity index (χ1) is 10.7. The van der Waals surface area contributed by atoms with Gasteiger partial charge >= 0.3 is 12.4 Å². The summed E-state index contributed by atoms with van der Waals surface area (Å²) >= 11 is 0. The Bertz CT molecular complexity index is 689. The number of hydrazone groups is 1. The highest BCUT2D eigenvalue weighted by Gasteiger charge is 2.31. The van der Waals surface area contributed by atoms with Gasteiger partial charge in [0.2, 0.25) is 0 Å². The summed E-state index contributed by atoms with van der Waals surface area (Å²) in [7, 11) is 0. The molecule has 122 valence electrons. The number of rotatable bonds is 3. The predicted molar refractivity (Wildman–Crippen MR) is 71.9 cm³/mol. The minimum Gasteiger partial charge on any atom is -0.261 e. The summed E-state index contributed by atoms with van der Waals surface area (Å²) in [6.07, 6.45) is -7.23. The van der Waals surface area contributed by atoms with E-state index in [0.717, 1.165) is 30.5 Å². The lowest BCUT2D eigenvalue weighted by Crippen LogP contribution is -2.06. The molecule has 1 heterocycles. The van der Waals surface area contributed by atoms with E-state index in [0.29, 0.717) is 6.20 Å². The zero-order chi connectivity index (χ0) is 17.1. The fourth-order valence-corrected chi connectivity index (χ4v) is 1.60. The Kier molecular flexibility index (Phi) is 4.57. The van der Waals surface area contributed by atoms with Gasteiger partial charge in [0.15, 0.2) is 0 Å². The molecule has 0 saturated carbocycles. The molecule has 0 fully saturated rings. The Morgan fingerprint density at radius 3 is 2.17 bits per heavy atom. The molecule has 1 aromatic heterocycles.